The molecule has 3 heteroatoms. The maximum atomic E-state index is 13.4. The first-order chi connectivity index (χ1) is 11.1. The molecule has 3 aromatic rings. The minimum absolute atomic E-state index is 0.245. The van der Waals surface area contributed by atoms with Gasteiger partial charge in [0.2, 0.25) is 0 Å². The minimum atomic E-state index is -0.245. The fourth-order valence-corrected chi connectivity index (χ4v) is 2.33. The summed E-state index contributed by atoms with van der Waals surface area (Å²) >= 11 is 0. The predicted octanol–water partition coefficient (Wildman–Crippen LogP) is 3.95. The van der Waals surface area contributed by atoms with Gasteiger partial charge in [0.25, 0.3) is 0 Å². The Morgan fingerprint density at radius 2 is 1.91 bits per heavy atom. The van der Waals surface area contributed by atoms with Gasteiger partial charge in [-0.3, -0.25) is 9.88 Å². The zero-order valence-electron chi connectivity index (χ0n) is 13.2. The SMILES string of the molecule is CN(C)CC#Cc1ccc2ncc(-c3cccc(F)c3)cc2c1. The smallest absolute Gasteiger partial charge is 0.123 e. The van der Waals surface area contributed by atoms with Gasteiger partial charge < -0.3 is 0 Å². The average Bonchev–Trinajstić information content (AvgIpc) is 2.54. The summed E-state index contributed by atoms with van der Waals surface area (Å²) in [5.41, 5.74) is 3.58. The van der Waals surface area contributed by atoms with Crippen molar-refractivity contribution in [2.45, 2.75) is 0 Å². The van der Waals surface area contributed by atoms with E-state index in [9.17, 15) is 4.39 Å². The largest absolute Gasteiger partial charge is 0.299 e. The molecule has 1 heterocycles. The molecule has 0 unspecified atom stereocenters. The van der Waals surface area contributed by atoms with Crippen LogP contribution < -0.4 is 0 Å². The van der Waals surface area contributed by atoms with Gasteiger partial charge in [0.15, 0.2) is 0 Å². The molecule has 2 nitrogen and oxygen atoms in total. The molecular weight excluding hydrogens is 287 g/mol. The standard InChI is InChI=1S/C20H17FN2/c1-23(2)10-4-5-15-8-9-20-17(11-15)12-18(14-22-20)16-6-3-7-19(21)13-16/h3,6-9,11-14H,10H2,1-2H3. The Bertz CT molecular complexity index is 904. The van der Waals surface area contributed by atoms with E-state index in [1.807, 2.05) is 49.3 Å². The number of benzene rings is 2. The van der Waals surface area contributed by atoms with Crippen LogP contribution in [-0.2, 0) is 0 Å². The highest BCUT2D eigenvalue weighted by molar-refractivity contribution is 5.84. The van der Waals surface area contributed by atoms with Gasteiger partial charge in [-0.05, 0) is 56.1 Å². The molecule has 3 rings (SSSR count). The maximum Gasteiger partial charge on any atom is 0.123 e. The second-order valence-electron chi connectivity index (χ2n) is 5.68. The number of halogens is 1. The molecule has 0 aliphatic carbocycles. The van der Waals surface area contributed by atoms with E-state index < -0.39 is 0 Å². The number of hydrogen-bond donors (Lipinski definition) is 0. The van der Waals surface area contributed by atoms with Crippen molar-refractivity contribution in [3.05, 3.63) is 66.1 Å². The summed E-state index contributed by atoms with van der Waals surface area (Å²) in [5, 5.41) is 1.00. The average molecular weight is 304 g/mol. The molecule has 0 aliphatic heterocycles. The van der Waals surface area contributed by atoms with Crippen LogP contribution >= 0.6 is 0 Å². The van der Waals surface area contributed by atoms with Crippen molar-refractivity contribution < 1.29 is 4.39 Å². The van der Waals surface area contributed by atoms with Crippen molar-refractivity contribution in [3.8, 4) is 23.0 Å². The number of rotatable bonds is 2. The summed E-state index contributed by atoms with van der Waals surface area (Å²) in [6, 6.07) is 14.5. The van der Waals surface area contributed by atoms with Gasteiger partial charge in [-0.25, -0.2) is 4.39 Å². The van der Waals surface area contributed by atoms with Crippen LogP contribution in [0.15, 0.2) is 54.7 Å². The molecule has 0 amide bonds. The van der Waals surface area contributed by atoms with Crippen LogP contribution in [0.3, 0.4) is 0 Å². The van der Waals surface area contributed by atoms with Gasteiger partial charge >= 0.3 is 0 Å². The molecule has 2 aromatic carbocycles. The van der Waals surface area contributed by atoms with E-state index in [1.54, 1.807) is 12.3 Å². The summed E-state index contributed by atoms with van der Waals surface area (Å²) in [6.45, 7) is 0.722. The molecule has 0 atom stereocenters. The van der Waals surface area contributed by atoms with E-state index in [1.165, 1.54) is 12.1 Å². The Kier molecular flexibility index (Phi) is 4.36. The van der Waals surface area contributed by atoms with Crippen LogP contribution in [0.4, 0.5) is 4.39 Å². The second kappa shape index (κ2) is 6.60. The lowest BCUT2D eigenvalue weighted by Crippen LogP contribution is -2.10. The molecule has 1 aromatic heterocycles. The minimum Gasteiger partial charge on any atom is -0.299 e. The van der Waals surface area contributed by atoms with Crippen LogP contribution in [0.1, 0.15) is 5.56 Å². The Balaban J connectivity index is 1.98. The number of nitrogens with zero attached hydrogens (tertiary/aromatic N) is 2. The third-order valence-electron chi connectivity index (χ3n) is 3.47. The second-order valence-corrected chi connectivity index (χ2v) is 5.68. The van der Waals surface area contributed by atoms with E-state index in [4.69, 9.17) is 0 Å². The van der Waals surface area contributed by atoms with Crippen molar-refractivity contribution in [1.82, 2.24) is 9.88 Å². The Labute approximate surface area is 135 Å². The lowest BCUT2D eigenvalue weighted by atomic mass is 10.0. The Morgan fingerprint density at radius 3 is 2.70 bits per heavy atom. The summed E-state index contributed by atoms with van der Waals surface area (Å²) in [7, 11) is 3.98. The van der Waals surface area contributed by atoms with Gasteiger partial charge in [-0.2, -0.15) is 0 Å². The Hall–Kier alpha value is -2.70. The summed E-state index contributed by atoms with van der Waals surface area (Å²) in [6.07, 6.45) is 1.77. The fraction of sp³-hybridized carbons (Fsp3) is 0.150. The third kappa shape index (κ3) is 3.74. The first kappa shape index (κ1) is 15.2. The molecule has 0 radical (unpaired) electrons. The molecule has 0 spiro atoms. The number of hydrogen-bond acceptors (Lipinski definition) is 2. The zero-order chi connectivity index (χ0) is 16.2. The molecule has 0 fully saturated rings. The van der Waals surface area contributed by atoms with E-state index in [-0.39, 0.29) is 5.82 Å². The predicted molar refractivity (Wildman–Crippen MR) is 92.6 cm³/mol. The highest BCUT2D eigenvalue weighted by Crippen LogP contribution is 2.23. The number of pyridine rings is 1. The van der Waals surface area contributed by atoms with E-state index in [0.717, 1.165) is 34.1 Å². The molecule has 0 aliphatic rings. The van der Waals surface area contributed by atoms with E-state index >= 15 is 0 Å². The van der Waals surface area contributed by atoms with Crippen LogP contribution in [0.25, 0.3) is 22.0 Å². The lowest BCUT2D eigenvalue weighted by Gasteiger charge is -2.04. The highest BCUT2D eigenvalue weighted by Gasteiger charge is 2.03. The topological polar surface area (TPSA) is 16.1 Å². The van der Waals surface area contributed by atoms with Crippen LogP contribution in [0.5, 0.6) is 0 Å². The van der Waals surface area contributed by atoms with Gasteiger partial charge in [0.1, 0.15) is 5.82 Å². The van der Waals surface area contributed by atoms with Crippen LogP contribution in [-0.4, -0.2) is 30.5 Å². The highest BCUT2D eigenvalue weighted by atomic mass is 19.1. The number of fused-ring (bicyclic) bond motifs is 1. The van der Waals surface area contributed by atoms with Crippen LogP contribution in [0.2, 0.25) is 0 Å². The normalized spacial score (nSPS) is 10.6. The monoisotopic (exact) mass is 304 g/mol. The summed E-state index contributed by atoms with van der Waals surface area (Å²) in [4.78, 5) is 6.48. The Morgan fingerprint density at radius 1 is 1.04 bits per heavy atom. The first-order valence-electron chi connectivity index (χ1n) is 7.41. The van der Waals surface area contributed by atoms with Gasteiger partial charge in [-0.1, -0.05) is 24.0 Å². The van der Waals surface area contributed by atoms with Gasteiger partial charge in [-0.15, -0.1) is 0 Å². The van der Waals surface area contributed by atoms with E-state index in [2.05, 4.69) is 16.8 Å². The fourth-order valence-electron chi connectivity index (χ4n) is 2.33. The molecule has 23 heavy (non-hydrogen) atoms. The molecule has 114 valence electrons. The molecule has 0 N–H and O–H groups in total. The zero-order valence-corrected chi connectivity index (χ0v) is 13.2. The number of aromatic nitrogens is 1. The lowest BCUT2D eigenvalue weighted by molar-refractivity contribution is 0.464. The molecular formula is C20H17FN2. The van der Waals surface area contributed by atoms with Crippen LogP contribution in [0, 0.1) is 17.7 Å². The first-order valence-corrected chi connectivity index (χ1v) is 7.41. The molecule has 0 saturated carbocycles. The summed E-state index contributed by atoms with van der Waals surface area (Å²) in [5.74, 6) is 6.04. The van der Waals surface area contributed by atoms with Crippen molar-refractivity contribution in [2.24, 2.45) is 0 Å². The molecule has 0 bridgehead atoms. The third-order valence-corrected chi connectivity index (χ3v) is 3.47. The van der Waals surface area contributed by atoms with Crippen molar-refractivity contribution in [2.75, 3.05) is 20.6 Å². The van der Waals surface area contributed by atoms with Crippen molar-refractivity contribution in [3.63, 3.8) is 0 Å². The summed E-state index contributed by atoms with van der Waals surface area (Å²) < 4.78 is 13.4. The van der Waals surface area contributed by atoms with E-state index in [0.29, 0.717) is 0 Å². The van der Waals surface area contributed by atoms with Crippen molar-refractivity contribution >= 4 is 10.9 Å². The molecule has 0 saturated heterocycles. The van der Waals surface area contributed by atoms with Gasteiger partial charge in [0, 0.05) is 22.7 Å². The maximum absolute atomic E-state index is 13.4. The quantitative estimate of drug-likeness (QED) is 0.666. The van der Waals surface area contributed by atoms with Gasteiger partial charge in [0.05, 0.1) is 12.1 Å². The van der Waals surface area contributed by atoms with Crippen molar-refractivity contribution in [1.29, 1.82) is 0 Å².